The van der Waals surface area contributed by atoms with Crippen LogP contribution in [0.1, 0.15) is 37.8 Å². The molecule has 1 aromatic carbocycles. The number of hydrogen-bond acceptors (Lipinski definition) is 2. The number of carbonyl (C=O) groups is 1. The number of benzene rings is 1. The molecule has 0 fully saturated rings. The fourth-order valence-electron chi connectivity index (χ4n) is 2.86. The van der Waals surface area contributed by atoms with Crippen LogP contribution in [0.25, 0.3) is 0 Å². The largest absolute Gasteiger partial charge is 0.508 e. The summed E-state index contributed by atoms with van der Waals surface area (Å²) < 4.78 is 0. The highest BCUT2D eigenvalue weighted by Gasteiger charge is 2.37. The molecule has 1 aliphatic rings. The van der Waals surface area contributed by atoms with Crippen molar-refractivity contribution in [3.8, 4) is 5.75 Å². The summed E-state index contributed by atoms with van der Waals surface area (Å²) in [6.07, 6.45) is 2.00. The second-order valence-corrected chi connectivity index (χ2v) is 5.40. The van der Waals surface area contributed by atoms with E-state index >= 15 is 0 Å². The molecule has 1 unspecified atom stereocenters. The van der Waals surface area contributed by atoms with E-state index in [0.717, 1.165) is 18.4 Å². The molecule has 0 bridgehead atoms. The van der Waals surface area contributed by atoms with Crippen LogP contribution in [0.2, 0.25) is 0 Å². The standard InChI is InChI=1S/C14H18O3/c1-14(2)10(7-13(16)17)5-3-9-4-6-11(15)8-12(9)14/h4,6,8,10,15H,3,5,7H2,1-2H3,(H,16,17). The molecule has 92 valence electrons. The molecule has 0 aliphatic heterocycles. The van der Waals surface area contributed by atoms with Gasteiger partial charge in [-0.1, -0.05) is 19.9 Å². The molecule has 17 heavy (non-hydrogen) atoms. The van der Waals surface area contributed by atoms with Crippen molar-refractivity contribution in [1.82, 2.24) is 0 Å². The maximum absolute atomic E-state index is 10.9. The van der Waals surface area contributed by atoms with Crippen molar-refractivity contribution in [3.05, 3.63) is 29.3 Å². The van der Waals surface area contributed by atoms with Gasteiger partial charge in [0.1, 0.15) is 5.75 Å². The molecule has 0 radical (unpaired) electrons. The lowest BCUT2D eigenvalue weighted by atomic mass is 9.64. The van der Waals surface area contributed by atoms with Gasteiger partial charge in [-0.3, -0.25) is 4.79 Å². The number of carboxylic acid groups (broad SMARTS) is 1. The fraction of sp³-hybridized carbons (Fsp3) is 0.500. The van der Waals surface area contributed by atoms with E-state index in [1.54, 1.807) is 12.1 Å². The van der Waals surface area contributed by atoms with Crippen LogP contribution in [0, 0.1) is 5.92 Å². The number of fused-ring (bicyclic) bond motifs is 1. The van der Waals surface area contributed by atoms with Crippen molar-refractivity contribution in [1.29, 1.82) is 0 Å². The predicted molar refractivity (Wildman–Crippen MR) is 65.2 cm³/mol. The van der Waals surface area contributed by atoms with E-state index in [-0.39, 0.29) is 23.5 Å². The number of phenolic OH excluding ortho intramolecular Hbond substituents is 1. The van der Waals surface area contributed by atoms with Crippen LogP contribution in [0.3, 0.4) is 0 Å². The second kappa shape index (κ2) is 4.06. The van der Waals surface area contributed by atoms with Crippen molar-refractivity contribution < 1.29 is 15.0 Å². The van der Waals surface area contributed by atoms with Crippen molar-refractivity contribution in [2.75, 3.05) is 0 Å². The molecule has 0 spiro atoms. The smallest absolute Gasteiger partial charge is 0.303 e. The molecule has 2 N–H and O–H groups in total. The van der Waals surface area contributed by atoms with Gasteiger partial charge in [-0.05, 0) is 47.4 Å². The van der Waals surface area contributed by atoms with Crippen LogP contribution in [0.15, 0.2) is 18.2 Å². The Labute approximate surface area is 101 Å². The maximum Gasteiger partial charge on any atom is 0.303 e. The first kappa shape index (κ1) is 12.0. The average molecular weight is 234 g/mol. The zero-order chi connectivity index (χ0) is 12.6. The summed E-state index contributed by atoms with van der Waals surface area (Å²) in [6, 6.07) is 5.43. The van der Waals surface area contributed by atoms with Gasteiger partial charge in [-0.2, -0.15) is 0 Å². The third-order valence-corrected chi connectivity index (χ3v) is 3.99. The number of carboxylic acids is 1. The van der Waals surface area contributed by atoms with E-state index in [0.29, 0.717) is 0 Å². The summed E-state index contributed by atoms with van der Waals surface area (Å²) in [6.45, 7) is 4.14. The average Bonchev–Trinajstić information content (AvgIpc) is 2.23. The summed E-state index contributed by atoms with van der Waals surface area (Å²) in [7, 11) is 0. The lowest BCUT2D eigenvalue weighted by Crippen LogP contribution is -2.35. The Bertz CT molecular complexity index is 449. The van der Waals surface area contributed by atoms with Crippen molar-refractivity contribution >= 4 is 5.97 Å². The first-order valence-electron chi connectivity index (χ1n) is 5.95. The fourth-order valence-corrected chi connectivity index (χ4v) is 2.86. The summed E-state index contributed by atoms with van der Waals surface area (Å²) in [5.41, 5.74) is 2.13. The van der Waals surface area contributed by atoms with Crippen LogP contribution in [0.5, 0.6) is 5.75 Å². The minimum absolute atomic E-state index is 0.134. The number of rotatable bonds is 2. The molecule has 3 heteroatoms. The van der Waals surface area contributed by atoms with Crippen LogP contribution in [-0.2, 0) is 16.6 Å². The van der Waals surface area contributed by atoms with Gasteiger partial charge in [0.15, 0.2) is 0 Å². The van der Waals surface area contributed by atoms with E-state index in [1.165, 1.54) is 5.56 Å². The molecule has 2 rings (SSSR count). The van der Waals surface area contributed by atoms with Gasteiger partial charge < -0.3 is 10.2 Å². The molecule has 1 aliphatic carbocycles. The third-order valence-electron chi connectivity index (χ3n) is 3.99. The summed E-state index contributed by atoms with van der Waals surface area (Å²) in [5.74, 6) is -0.353. The van der Waals surface area contributed by atoms with Crippen molar-refractivity contribution in [2.45, 2.75) is 38.5 Å². The van der Waals surface area contributed by atoms with Gasteiger partial charge >= 0.3 is 5.97 Å². The molecule has 0 aromatic heterocycles. The molecular formula is C14H18O3. The Morgan fingerprint density at radius 1 is 1.47 bits per heavy atom. The van der Waals surface area contributed by atoms with Crippen LogP contribution < -0.4 is 0 Å². The quantitative estimate of drug-likeness (QED) is 0.827. The van der Waals surface area contributed by atoms with Crippen LogP contribution in [0.4, 0.5) is 0 Å². The molecule has 0 saturated carbocycles. The highest BCUT2D eigenvalue weighted by atomic mass is 16.4. The number of phenols is 1. The predicted octanol–water partition coefficient (Wildman–Crippen LogP) is 2.71. The van der Waals surface area contributed by atoms with Gasteiger partial charge in [-0.25, -0.2) is 0 Å². The number of aryl methyl sites for hydroxylation is 1. The third kappa shape index (κ3) is 2.14. The van der Waals surface area contributed by atoms with Gasteiger partial charge in [0.05, 0.1) is 0 Å². The van der Waals surface area contributed by atoms with Crippen molar-refractivity contribution in [2.24, 2.45) is 5.92 Å². The Morgan fingerprint density at radius 2 is 2.18 bits per heavy atom. The number of hydrogen-bond donors (Lipinski definition) is 2. The minimum Gasteiger partial charge on any atom is -0.508 e. The minimum atomic E-state index is -0.744. The molecule has 1 aromatic rings. The molecule has 1 atom stereocenters. The Kier molecular flexibility index (Phi) is 2.86. The summed E-state index contributed by atoms with van der Waals surface area (Å²) >= 11 is 0. The van der Waals surface area contributed by atoms with E-state index in [1.807, 2.05) is 6.07 Å². The highest BCUT2D eigenvalue weighted by Crippen LogP contribution is 2.43. The summed E-state index contributed by atoms with van der Waals surface area (Å²) in [5, 5.41) is 18.5. The Balaban J connectivity index is 2.39. The monoisotopic (exact) mass is 234 g/mol. The highest BCUT2D eigenvalue weighted by molar-refractivity contribution is 5.67. The summed E-state index contributed by atoms with van der Waals surface area (Å²) in [4.78, 5) is 10.9. The van der Waals surface area contributed by atoms with Gasteiger partial charge in [0.2, 0.25) is 0 Å². The molecular weight excluding hydrogens is 216 g/mol. The van der Waals surface area contributed by atoms with E-state index in [2.05, 4.69) is 13.8 Å². The topological polar surface area (TPSA) is 57.5 Å². The van der Waals surface area contributed by atoms with E-state index in [4.69, 9.17) is 5.11 Å². The van der Waals surface area contributed by atoms with Crippen LogP contribution in [-0.4, -0.2) is 16.2 Å². The number of aliphatic carboxylic acids is 1. The van der Waals surface area contributed by atoms with Gasteiger partial charge in [0, 0.05) is 6.42 Å². The van der Waals surface area contributed by atoms with Gasteiger partial charge in [0.25, 0.3) is 0 Å². The van der Waals surface area contributed by atoms with E-state index in [9.17, 15) is 9.90 Å². The van der Waals surface area contributed by atoms with Crippen molar-refractivity contribution in [3.63, 3.8) is 0 Å². The zero-order valence-corrected chi connectivity index (χ0v) is 10.2. The molecule has 3 nitrogen and oxygen atoms in total. The molecule has 0 saturated heterocycles. The SMILES string of the molecule is CC1(C)c2cc(O)ccc2CCC1CC(=O)O. The van der Waals surface area contributed by atoms with Gasteiger partial charge in [-0.15, -0.1) is 0 Å². The maximum atomic E-state index is 10.9. The Hall–Kier alpha value is -1.51. The number of aromatic hydroxyl groups is 1. The molecule has 0 heterocycles. The Morgan fingerprint density at radius 3 is 2.82 bits per heavy atom. The lowest BCUT2D eigenvalue weighted by molar-refractivity contribution is -0.138. The normalized spacial score (nSPS) is 21.9. The first-order chi connectivity index (χ1) is 7.91. The first-order valence-corrected chi connectivity index (χ1v) is 5.95. The zero-order valence-electron chi connectivity index (χ0n) is 10.2. The molecule has 0 amide bonds. The van der Waals surface area contributed by atoms with Crippen LogP contribution >= 0.6 is 0 Å². The second-order valence-electron chi connectivity index (χ2n) is 5.40. The van der Waals surface area contributed by atoms with E-state index < -0.39 is 5.97 Å². The lowest BCUT2D eigenvalue weighted by Gasteiger charge is -2.40.